The lowest BCUT2D eigenvalue weighted by atomic mass is 10.2. The fraction of sp³-hybridized carbons (Fsp3) is 0.375. The van der Waals surface area contributed by atoms with E-state index in [0.29, 0.717) is 12.1 Å². The van der Waals surface area contributed by atoms with Gasteiger partial charge < -0.3 is 14.6 Å². The van der Waals surface area contributed by atoms with E-state index in [4.69, 9.17) is 4.74 Å². The molecule has 3 heterocycles. The number of hydrogen-bond acceptors (Lipinski definition) is 3. The summed E-state index contributed by atoms with van der Waals surface area (Å²) in [5, 5.41) is 1.00. The minimum absolute atomic E-state index is 0.00820. The zero-order valence-electron chi connectivity index (χ0n) is 12.3. The van der Waals surface area contributed by atoms with Crippen LogP contribution in [0.4, 0.5) is 0 Å². The molecule has 0 amide bonds. The average Bonchev–Trinajstić information content (AvgIpc) is 2.95. The molecule has 0 radical (unpaired) electrons. The van der Waals surface area contributed by atoms with E-state index in [2.05, 4.69) is 9.97 Å². The standard InChI is InChI=1S/C16H18N4O2/c21-16-15-14(12-3-1-2-4-13(12)18-15)17-11-20(16)6-5-19-7-9-22-10-8-19/h1-4,11,18H,5-10H2/p+1. The highest BCUT2D eigenvalue weighted by molar-refractivity contribution is 6.04. The van der Waals surface area contributed by atoms with Crippen molar-refractivity contribution in [2.45, 2.75) is 6.54 Å². The van der Waals surface area contributed by atoms with Crippen molar-refractivity contribution >= 4 is 21.9 Å². The van der Waals surface area contributed by atoms with Crippen molar-refractivity contribution in [2.24, 2.45) is 0 Å². The molecule has 0 atom stereocenters. The van der Waals surface area contributed by atoms with E-state index in [1.54, 1.807) is 10.9 Å². The Balaban J connectivity index is 1.65. The largest absolute Gasteiger partial charge is 0.370 e. The van der Waals surface area contributed by atoms with Gasteiger partial charge in [-0.25, -0.2) is 4.98 Å². The molecule has 4 rings (SSSR count). The van der Waals surface area contributed by atoms with Gasteiger partial charge in [-0.3, -0.25) is 9.36 Å². The van der Waals surface area contributed by atoms with E-state index >= 15 is 0 Å². The first kappa shape index (κ1) is 13.5. The monoisotopic (exact) mass is 299 g/mol. The lowest BCUT2D eigenvalue weighted by Crippen LogP contribution is -3.14. The first-order valence-electron chi connectivity index (χ1n) is 7.70. The molecule has 0 spiro atoms. The van der Waals surface area contributed by atoms with Crippen LogP contribution in [0.3, 0.4) is 0 Å². The molecule has 0 unspecified atom stereocenters. The molecular weight excluding hydrogens is 280 g/mol. The van der Waals surface area contributed by atoms with Crippen LogP contribution in [0, 0.1) is 0 Å². The van der Waals surface area contributed by atoms with Gasteiger partial charge in [0.05, 0.1) is 32.6 Å². The van der Waals surface area contributed by atoms with Crippen LogP contribution in [0.1, 0.15) is 0 Å². The van der Waals surface area contributed by atoms with E-state index in [-0.39, 0.29) is 5.56 Å². The van der Waals surface area contributed by atoms with Crippen LogP contribution in [-0.2, 0) is 11.3 Å². The molecule has 0 saturated carbocycles. The Morgan fingerprint density at radius 3 is 2.95 bits per heavy atom. The van der Waals surface area contributed by atoms with Crippen LogP contribution in [0.5, 0.6) is 0 Å². The van der Waals surface area contributed by atoms with Crippen LogP contribution < -0.4 is 10.5 Å². The number of rotatable bonds is 3. The Morgan fingerprint density at radius 1 is 1.27 bits per heavy atom. The third kappa shape index (κ3) is 2.30. The molecule has 3 aromatic rings. The number of hydrogen-bond donors (Lipinski definition) is 2. The molecule has 2 N–H and O–H groups in total. The molecule has 114 valence electrons. The molecule has 0 aliphatic carbocycles. The summed E-state index contributed by atoms with van der Waals surface area (Å²) in [7, 11) is 0. The summed E-state index contributed by atoms with van der Waals surface area (Å²) in [5.74, 6) is 0. The van der Waals surface area contributed by atoms with Crippen molar-refractivity contribution in [1.82, 2.24) is 14.5 Å². The van der Waals surface area contributed by atoms with Gasteiger partial charge in [-0.1, -0.05) is 18.2 Å². The molecule has 6 nitrogen and oxygen atoms in total. The highest BCUT2D eigenvalue weighted by Crippen LogP contribution is 2.20. The van der Waals surface area contributed by atoms with Crippen molar-refractivity contribution in [3.63, 3.8) is 0 Å². The van der Waals surface area contributed by atoms with Gasteiger partial charge in [0.2, 0.25) is 0 Å². The van der Waals surface area contributed by atoms with Gasteiger partial charge >= 0.3 is 0 Å². The van der Waals surface area contributed by atoms with Crippen molar-refractivity contribution in [3.05, 3.63) is 40.9 Å². The van der Waals surface area contributed by atoms with Gasteiger partial charge in [-0.05, 0) is 6.07 Å². The molecule has 6 heteroatoms. The number of nitrogens with zero attached hydrogens (tertiary/aromatic N) is 2. The topological polar surface area (TPSA) is 64.3 Å². The zero-order valence-corrected chi connectivity index (χ0v) is 12.3. The highest BCUT2D eigenvalue weighted by atomic mass is 16.5. The van der Waals surface area contributed by atoms with Crippen LogP contribution >= 0.6 is 0 Å². The van der Waals surface area contributed by atoms with E-state index in [9.17, 15) is 4.79 Å². The lowest BCUT2D eigenvalue weighted by molar-refractivity contribution is -0.908. The Bertz CT molecular complexity index is 861. The smallest absolute Gasteiger partial charge is 0.277 e. The summed E-state index contributed by atoms with van der Waals surface area (Å²) < 4.78 is 7.07. The Kier molecular flexibility index (Phi) is 3.40. The van der Waals surface area contributed by atoms with E-state index in [1.165, 1.54) is 4.90 Å². The van der Waals surface area contributed by atoms with Crippen LogP contribution in [0.2, 0.25) is 0 Å². The molecule has 2 aromatic heterocycles. The maximum absolute atomic E-state index is 12.6. The third-order valence-corrected chi connectivity index (χ3v) is 4.39. The summed E-state index contributed by atoms with van der Waals surface area (Å²) in [4.78, 5) is 21.8. The van der Waals surface area contributed by atoms with Crippen LogP contribution in [0.25, 0.3) is 21.9 Å². The Morgan fingerprint density at radius 2 is 2.09 bits per heavy atom. The molecule has 1 fully saturated rings. The third-order valence-electron chi connectivity index (χ3n) is 4.39. The predicted molar refractivity (Wildman–Crippen MR) is 84.2 cm³/mol. The first-order valence-corrected chi connectivity index (χ1v) is 7.70. The van der Waals surface area contributed by atoms with E-state index in [1.807, 2.05) is 24.3 Å². The van der Waals surface area contributed by atoms with Gasteiger partial charge in [0.15, 0.2) is 0 Å². The molecule has 22 heavy (non-hydrogen) atoms. The second-order valence-corrected chi connectivity index (χ2v) is 5.75. The number of H-pyrrole nitrogens is 1. The van der Waals surface area contributed by atoms with Gasteiger partial charge in [-0.15, -0.1) is 0 Å². The SMILES string of the molecule is O=c1c2[nH]c3ccccc3c2ncn1CC[NH+]1CCOCC1. The fourth-order valence-electron chi connectivity index (χ4n) is 3.09. The number of quaternary nitrogens is 1. The summed E-state index contributed by atoms with van der Waals surface area (Å²) in [6, 6.07) is 7.88. The second kappa shape index (κ2) is 5.55. The average molecular weight is 299 g/mol. The summed E-state index contributed by atoms with van der Waals surface area (Å²) in [6.45, 7) is 5.25. The van der Waals surface area contributed by atoms with E-state index in [0.717, 1.165) is 49.3 Å². The summed E-state index contributed by atoms with van der Waals surface area (Å²) >= 11 is 0. The Labute approximate surface area is 127 Å². The van der Waals surface area contributed by atoms with Crippen molar-refractivity contribution in [2.75, 3.05) is 32.8 Å². The number of ether oxygens (including phenoxy) is 1. The lowest BCUT2D eigenvalue weighted by Gasteiger charge is -2.23. The minimum Gasteiger partial charge on any atom is -0.370 e. The summed E-state index contributed by atoms with van der Waals surface area (Å²) in [5.41, 5.74) is 2.32. The van der Waals surface area contributed by atoms with Gasteiger partial charge in [0.25, 0.3) is 5.56 Å². The Hall–Kier alpha value is -2.18. The molecule has 1 saturated heterocycles. The maximum atomic E-state index is 12.6. The number of aromatic amines is 1. The first-order chi connectivity index (χ1) is 10.8. The molecule has 0 bridgehead atoms. The molecule has 1 aliphatic rings. The highest BCUT2D eigenvalue weighted by Gasteiger charge is 2.15. The van der Waals surface area contributed by atoms with Gasteiger partial charge in [-0.2, -0.15) is 0 Å². The number of morpholine rings is 1. The number of benzene rings is 1. The van der Waals surface area contributed by atoms with Crippen LogP contribution in [0.15, 0.2) is 35.4 Å². The quantitative estimate of drug-likeness (QED) is 0.703. The molecule has 1 aliphatic heterocycles. The number of fused-ring (bicyclic) bond motifs is 3. The zero-order chi connectivity index (χ0) is 14.9. The fourth-order valence-corrected chi connectivity index (χ4v) is 3.09. The van der Waals surface area contributed by atoms with Crippen molar-refractivity contribution in [3.8, 4) is 0 Å². The van der Waals surface area contributed by atoms with Crippen LogP contribution in [-0.4, -0.2) is 47.4 Å². The number of para-hydroxylation sites is 1. The van der Waals surface area contributed by atoms with Gasteiger partial charge in [0, 0.05) is 10.9 Å². The normalized spacial score (nSPS) is 16.5. The van der Waals surface area contributed by atoms with Crippen molar-refractivity contribution in [1.29, 1.82) is 0 Å². The van der Waals surface area contributed by atoms with E-state index < -0.39 is 0 Å². The molecule has 1 aromatic carbocycles. The second-order valence-electron chi connectivity index (χ2n) is 5.75. The molecular formula is C16H19N4O2+. The predicted octanol–water partition coefficient (Wildman–Crippen LogP) is -0.207. The number of nitrogens with one attached hydrogen (secondary N) is 2. The van der Waals surface area contributed by atoms with Crippen molar-refractivity contribution < 1.29 is 9.64 Å². The number of aromatic nitrogens is 3. The maximum Gasteiger partial charge on any atom is 0.277 e. The minimum atomic E-state index is 0.00820. The summed E-state index contributed by atoms with van der Waals surface area (Å²) in [6.07, 6.45) is 1.67. The van der Waals surface area contributed by atoms with Gasteiger partial charge in [0.1, 0.15) is 24.1 Å².